The van der Waals surface area contributed by atoms with Gasteiger partial charge >= 0.3 is 0 Å². The highest BCUT2D eigenvalue weighted by atomic mass is 19.1. The highest BCUT2D eigenvalue weighted by Crippen LogP contribution is 2.39. The first-order valence-corrected chi connectivity index (χ1v) is 11.1. The SMILES string of the molecule is CC(=O)c1c(-c2ccc[nH]c2=O)c2cc3c(cc2n1Cc1cc2c(cc1F)CN=N2)CCC3. The second-order valence-corrected chi connectivity index (χ2v) is 8.74. The van der Waals surface area contributed by atoms with Gasteiger partial charge in [0.05, 0.1) is 24.5 Å². The van der Waals surface area contributed by atoms with Crippen molar-refractivity contribution in [3.8, 4) is 11.1 Å². The molecular weight excluding hydrogens is 419 g/mol. The van der Waals surface area contributed by atoms with Crippen LogP contribution >= 0.6 is 0 Å². The highest BCUT2D eigenvalue weighted by Gasteiger charge is 2.26. The maximum absolute atomic E-state index is 15.0. The molecular formula is C26H21FN4O2. The van der Waals surface area contributed by atoms with E-state index in [-0.39, 0.29) is 23.7 Å². The maximum atomic E-state index is 15.0. The van der Waals surface area contributed by atoms with Gasteiger partial charge in [0.15, 0.2) is 5.78 Å². The van der Waals surface area contributed by atoms with Gasteiger partial charge in [-0.3, -0.25) is 9.59 Å². The number of aromatic nitrogens is 2. The van der Waals surface area contributed by atoms with Gasteiger partial charge in [0.2, 0.25) is 0 Å². The Morgan fingerprint density at radius 3 is 2.76 bits per heavy atom. The average molecular weight is 440 g/mol. The Bertz CT molecular complexity index is 1560. The normalized spacial score (nSPS) is 14.1. The molecule has 0 radical (unpaired) electrons. The van der Waals surface area contributed by atoms with Gasteiger partial charge in [0.25, 0.3) is 5.56 Å². The number of carbonyl (C=O) groups is 1. The van der Waals surface area contributed by atoms with E-state index >= 15 is 4.39 Å². The Balaban J connectivity index is 1.66. The molecule has 2 aromatic carbocycles. The van der Waals surface area contributed by atoms with Crippen LogP contribution in [0.4, 0.5) is 10.1 Å². The van der Waals surface area contributed by atoms with Crippen LogP contribution in [0.15, 0.2) is 57.6 Å². The number of halogens is 1. The number of fused-ring (bicyclic) bond motifs is 3. The predicted molar refractivity (Wildman–Crippen MR) is 124 cm³/mol. The van der Waals surface area contributed by atoms with Crippen LogP contribution in [0, 0.1) is 5.82 Å². The van der Waals surface area contributed by atoms with Gasteiger partial charge in [-0.05, 0) is 66.8 Å². The summed E-state index contributed by atoms with van der Waals surface area (Å²) in [6.45, 7) is 2.03. The summed E-state index contributed by atoms with van der Waals surface area (Å²) in [7, 11) is 0. The molecule has 33 heavy (non-hydrogen) atoms. The zero-order valence-corrected chi connectivity index (χ0v) is 18.1. The van der Waals surface area contributed by atoms with E-state index in [0.717, 1.165) is 35.7 Å². The number of Topliss-reactive ketones (excluding diaryl/α,β-unsaturated/α-hetero) is 1. The molecule has 2 aliphatic rings. The number of hydrogen-bond donors (Lipinski definition) is 1. The summed E-state index contributed by atoms with van der Waals surface area (Å²) in [5, 5.41) is 8.95. The second kappa shape index (κ2) is 7.33. The standard InChI is InChI=1S/C26H21FN4O2/c1-14(32)25-24(19-6-3-7-28-26(19)33)20-8-15-4-2-5-16(15)11-23(20)31(25)13-18-10-22-17(9-21(18)27)12-29-30-22/h3,6-11H,2,4-5,12-13H2,1H3,(H,28,33). The molecule has 4 aromatic rings. The largest absolute Gasteiger partial charge is 0.333 e. The molecule has 0 saturated heterocycles. The summed E-state index contributed by atoms with van der Waals surface area (Å²) in [5.74, 6) is -0.525. The van der Waals surface area contributed by atoms with Crippen molar-refractivity contribution in [3.63, 3.8) is 0 Å². The van der Waals surface area contributed by atoms with Gasteiger partial charge in [-0.1, -0.05) is 0 Å². The Labute approximate surface area is 188 Å². The number of nitrogens with one attached hydrogen (secondary N) is 1. The number of aromatic amines is 1. The summed E-state index contributed by atoms with van der Waals surface area (Å²) in [5.41, 5.74) is 6.37. The van der Waals surface area contributed by atoms with Gasteiger partial charge in [-0.2, -0.15) is 10.2 Å². The van der Waals surface area contributed by atoms with Crippen LogP contribution in [0.3, 0.4) is 0 Å². The minimum absolute atomic E-state index is 0.156. The number of azo groups is 1. The predicted octanol–water partition coefficient (Wildman–Crippen LogP) is 5.47. The highest BCUT2D eigenvalue weighted by molar-refractivity contribution is 6.10. The third kappa shape index (κ3) is 3.07. The molecule has 6 nitrogen and oxygen atoms in total. The van der Waals surface area contributed by atoms with Crippen LogP contribution in [0.25, 0.3) is 22.0 Å². The van der Waals surface area contributed by atoms with Crippen LogP contribution < -0.4 is 5.56 Å². The van der Waals surface area contributed by atoms with E-state index in [9.17, 15) is 9.59 Å². The van der Waals surface area contributed by atoms with E-state index in [0.29, 0.717) is 34.6 Å². The van der Waals surface area contributed by atoms with Crippen LogP contribution in [-0.4, -0.2) is 15.3 Å². The number of H-pyrrole nitrogens is 1. The number of rotatable bonds is 4. The molecule has 2 aromatic heterocycles. The summed E-state index contributed by atoms with van der Waals surface area (Å²) >= 11 is 0. The quantitative estimate of drug-likeness (QED) is 0.427. The lowest BCUT2D eigenvalue weighted by Crippen LogP contribution is -2.13. The molecule has 0 spiro atoms. The third-order valence-electron chi connectivity index (χ3n) is 6.69. The molecule has 7 heteroatoms. The van der Waals surface area contributed by atoms with E-state index in [1.54, 1.807) is 24.4 Å². The second-order valence-electron chi connectivity index (χ2n) is 8.74. The van der Waals surface area contributed by atoms with Crippen molar-refractivity contribution in [2.75, 3.05) is 0 Å². The number of nitrogens with zero attached hydrogens (tertiary/aromatic N) is 3. The minimum atomic E-state index is -0.349. The van der Waals surface area contributed by atoms with Crippen molar-refractivity contribution >= 4 is 22.4 Å². The van der Waals surface area contributed by atoms with Crippen molar-refractivity contribution in [1.29, 1.82) is 0 Å². The third-order valence-corrected chi connectivity index (χ3v) is 6.69. The Hall–Kier alpha value is -3.87. The molecule has 0 atom stereocenters. The lowest BCUT2D eigenvalue weighted by Gasteiger charge is -2.12. The van der Waals surface area contributed by atoms with Gasteiger partial charge in [0, 0.05) is 46.3 Å². The van der Waals surface area contributed by atoms with Crippen LogP contribution in [0.1, 0.15) is 46.1 Å². The fourth-order valence-electron chi connectivity index (χ4n) is 5.18. The first kappa shape index (κ1) is 19.8. The summed E-state index contributed by atoms with van der Waals surface area (Å²) in [6, 6.07) is 10.9. The van der Waals surface area contributed by atoms with E-state index in [4.69, 9.17) is 0 Å². The molecule has 3 heterocycles. The lowest BCUT2D eigenvalue weighted by atomic mass is 9.99. The lowest BCUT2D eigenvalue weighted by molar-refractivity contribution is 0.101. The van der Waals surface area contributed by atoms with Crippen LogP contribution in [0.5, 0.6) is 0 Å². The molecule has 0 saturated carbocycles. The number of hydrogen-bond acceptors (Lipinski definition) is 4. The number of ketones is 1. The molecule has 0 unspecified atom stereocenters. The van der Waals surface area contributed by atoms with E-state index in [1.807, 2.05) is 4.57 Å². The van der Waals surface area contributed by atoms with Gasteiger partial charge in [0.1, 0.15) is 5.82 Å². The molecule has 0 fully saturated rings. The smallest absolute Gasteiger partial charge is 0.255 e. The topological polar surface area (TPSA) is 79.6 Å². The van der Waals surface area contributed by atoms with Gasteiger partial charge < -0.3 is 9.55 Å². The van der Waals surface area contributed by atoms with E-state index in [1.165, 1.54) is 24.1 Å². The molecule has 1 N–H and O–H groups in total. The first-order chi connectivity index (χ1) is 16.0. The molecule has 0 amide bonds. The van der Waals surface area contributed by atoms with Crippen molar-refractivity contribution in [2.24, 2.45) is 10.2 Å². The molecule has 1 aliphatic heterocycles. The van der Waals surface area contributed by atoms with Crippen molar-refractivity contribution in [3.05, 3.63) is 86.7 Å². The van der Waals surface area contributed by atoms with Crippen molar-refractivity contribution < 1.29 is 9.18 Å². The van der Waals surface area contributed by atoms with Gasteiger partial charge in [-0.25, -0.2) is 4.39 Å². The van der Waals surface area contributed by atoms with Crippen LogP contribution in [-0.2, 0) is 25.9 Å². The first-order valence-electron chi connectivity index (χ1n) is 11.1. The molecule has 164 valence electrons. The molecule has 0 bridgehead atoms. The zero-order chi connectivity index (χ0) is 22.7. The fourth-order valence-corrected chi connectivity index (χ4v) is 5.18. The molecule has 1 aliphatic carbocycles. The summed E-state index contributed by atoms with van der Waals surface area (Å²) in [4.78, 5) is 28.5. The van der Waals surface area contributed by atoms with Crippen molar-refractivity contribution in [1.82, 2.24) is 9.55 Å². The van der Waals surface area contributed by atoms with E-state index in [2.05, 4.69) is 27.3 Å². The number of aryl methyl sites for hydroxylation is 2. The summed E-state index contributed by atoms with van der Waals surface area (Å²) in [6.07, 6.45) is 4.60. The van der Waals surface area contributed by atoms with Crippen LogP contribution in [0.2, 0.25) is 0 Å². The maximum Gasteiger partial charge on any atom is 0.255 e. The Morgan fingerprint density at radius 2 is 1.97 bits per heavy atom. The average Bonchev–Trinajstić information content (AvgIpc) is 3.50. The van der Waals surface area contributed by atoms with Gasteiger partial charge in [-0.15, -0.1) is 0 Å². The summed E-state index contributed by atoms with van der Waals surface area (Å²) < 4.78 is 16.9. The number of pyridine rings is 1. The monoisotopic (exact) mass is 440 g/mol. The number of benzene rings is 2. The van der Waals surface area contributed by atoms with E-state index < -0.39 is 0 Å². The fraction of sp³-hybridized carbons (Fsp3) is 0.231. The number of carbonyl (C=O) groups excluding carboxylic acids is 1. The molecule has 6 rings (SSSR count). The Morgan fingerprint density at radius 1 is 1.15 bits per heavy atom. The Kier molecular flexibility index (Phi) is 4.40. The van der Waals surface area contributed by atoms with Crippen molar-refractivity contribution in [2.45, 2.75) is 39.3 Å². The zero-order valence-electron chi connectivity index (χ0n) is 18.1. The minimum Gasteiger partial charge on any atom is -0.333 e.